The van der Waals surface area contributed by atoms with Gasteiger partial charge < -0.3 is 10.6 Å². The van der Waals surface area contributed by atoms with E-state index in [9.17, 15) is 4.79 Å². The lowest BCUT2D eigenvalue weighted by molar-refractivity contribution is 0.0944. The van der Waals surface area contributed by atoms with E-state index in [0.717, 1.165) is 27.9 Å². The summed E-state index contributed by atoms with van der Waals surface area (Å²) in [6.07, 6.45) is 2.01. The van der Waals surface area contributed by atoms with Crippen LogP contribution in [0.25, 0.3) is 0 Å². The zero-order valence-electron chi connectivity index (χ0n) is 11.7. The Labute approximate surface area is 118 Å². The van der Waals surface area contributed by atoms with Crippen LogP contribution >= 0.6 is 23.1 Å². The second-order valence-electron chi connectivity index (χ2n) is 4.37. The third-order valence-electron chi connectivity index (χ3n) is 2.89. The average Bonchev–Trinajstić information content (AvgIpc) is 2.67. The molecule has 0 radical (unpaired) electrons. The number of rotatable bonds is 6. The van der Waals surface area contributed by atoms with Gasteiger partial charge in [-0.25, -0.2) is 0 Å². The molecule has 0 atom stereocenters. The largest absolute Gasteiger partial charge is 0.396 e. The fourth-order valence-electron chi connectivity index (χ4n) is 1.78. The van der Waals surface area contributed by atoms with E-state index in [4.69, 9.17) is 5.73 Å². The topological polar surface area (TPSA) is 46.3 Å². The van der Waals surface area contributed by atoms with Gasteiger partial charge in [-0.3, -0.25) is 4.79 Å². The van der Waals surface area contributed by atoms with Crippen molar-refractivity contribution in [3.05, 3.63) is 4.88 Å². The average molecular weight is 286 g/mol. The number of ketones is 1. The molecule has 3 nitrogen and oxygen atoms in total. The van der Waals surface area contributed by atoms with Crippen LogP contribution in [0.1, 0.15) is 37.4 Å². The first-order chi connectivity index (χ1) is 8.47. The third-order valence-corrected chi connectivity index (χ3v) is 5.12. The minimum atomic E-state index is -0.00907. The Hall–Kier alpha value is -0.680. The number of carbonyl (C=O) groups excluding carboxylic acids is 1. The standard InChI is InChI=1S/C13H22N2OS2/c1-6-15(7-2)13-12(17-5)9(14)11(18-13)10(16)8(3)4/h8H,6-7,14H2,1-5H3. The van der Waals surface area contributed by atoms with E-state index in [-0.39, 0.29) is 11.7 Å². The predicted molar refractivity (Wildman–Crippen MR) is 83.2 cm³/mol. The number of nitrogens with two attached hydrogens (primary N) is 1. The van der Waals surface area contributed by atoms with Gasteiger partial charge in [-0.2, -0.15) is 0 Å². The molecule has 18 heavy (non-hydrogen) atoms. The molecule has 1 rings (SSSR count). The van der Waals surface area contributed by atoms with Crippen molar-refractivity contribution in [1.82, 2.24) is 0 Å². The fourth-order valence-corrected chi connectivity index (χ4v) is 4.17. The van der Waals surface area contributed by atoms with E-state index in [1.54, 1.807) is 11.8 Å². The van der Waals surface area contributed by atoms with Gasteiger partial charge in [-0.15, -0.1) is 23.1 Å². The highest BCUT2D eigenvalue weighted by atomic mass is 32.2. The highest BCUT2D eigenvalue weighted by molar-refractivity contribution is 7.99. The van der Waals surface area contributed by atoms with Crippen molar-refractivity contribution in [2.45, 2.75) is 32.6 Å². The highest BCUT2D eigenvalue weighted by Crippen LogP contribution is 2.44. The first-order valence-electron chi connectivity index (χ1n) is 6.23. The van der Waals surface area contributed by atoms with Gasteiger partial charge in [0.15, 0.2) is 5.78 Å². The normalized spacial score (nSPS) is 11.0. The molecule has 1 heterocycles. The van der Waals surface area contributed by atoms with Crippen LogP contribution in [0.4, 0.5) is 10.7 Å². The maximum atomic E-state index is 12.1. The number of hydrogen-bond donors (Lipinski definition) is 1. The molecule has 2 N–H and O–H groups in total. The minimum Gasteiger partial charge on any atom is -0.396 e. The van der Waals surface area contributed by atoms with Crippen molar-refractivity contribution >= 4 is 39.6 Å². The van der Waals surface area contributed by atoms with E-state index < -0.39 is 0 Å². The number of thiophene rings is 1. The summed E-state index contributed by atoms with van der Waals surface area (Å²) in [4.78, 5) is 16.2. The summed E-state index contributed by atoms with van der Waals surface area (Å²) in [7, 11) is 0. The summed E-state index contributed by atoms with van der Waals surface area (Å²) in [5, 5.41) is 1.13. The zero-order valence-corrected chi connectivity index (χ0v) is 13.4. The number of nitrogens with zero attached hydrogens (tertiary/aromatic N) is 1. The second kappa shape index (κ2) is 6.48. The number of carbonyl (C=O) groups is 1. The Morgan fingerprint density at radius 3 is 2.33 bits per heavy atom. The second-order valence-corrected chi connectivity index (χ2v) is 6.19. The molecular formula is C13H22N2OS2. The van der Waals surface area contributed by atoms with Crippen LogP contribution < -0.4 is 10.6 Å². The Kier molecular flexibility index (Phi) is 5.53. The first-order valence-corrected chi connectivity index (χ1v) is 8.27. The first kappa shape index (κ1) is 15.4. The quantitative estimate of drug-likeness (QED) is 0.639. The Morgan fingerprint density at radius 2 is 1.94 bits per heavy atom. The van der Waals surface area contributed by atoms with E-state index in [1.807, 2.05) is 20.1 Å². The van der Waals surface area contributed by atoms with Crippen LogP contribution in [0.5, 0.6) is 0 Å². The van der Waals surface area contributed by atoms with Crippen LogP contribution in [-0.4, -0.2) is 25.1 Å². The molecule has 102 valence electrons. The Balaban J connectivity index is 3.29. The summed E-state index contributed by atoms with van der Waals surface area (Å²) >= 11 is 3.16. The van der Waals surface area contributed by atoms with Crippen molar-refractivity contribution in [2.24, 2.45) is 5.92 Å². The molecule has 0 spiro atoms. The molecule has 0 amide bonds. The summed E-state index contributed by atoms with van der Waals surface area (Å²) in [5.41, 5.74) is 6.80. The van der Waals surface area contributed by atoms with Crippen LogP contribution in [0.3, 0.4) is 0 Å². The number of hydrogen-bond acceptors (Lipinski definition) is 5. The van der Waals surface area contributed by atoms with Crippen LogP contribution in [0.2, 0.25) is 0 Å². The maximum Gasteiger partial charge on any atom is 0.177 e. The highest BCUT2D eigenvalue weighted by Gasteiger charge is 2.24. The molecule has 0 saturated carbocycles. The minimum absolute atomic E-state index is 0.00907. The molecule has 0 aliphatic heterocycles. The lowest BCUT2D eigenvalue weighted by Crippen LogP contribution is -2.21. The number of anilines is 2. The Bertz CT molecular complexity index is 423. The van der Waals surface area contributed by atoms with Crippen molar-refractivity contribution < 1.29 is 4.79 Å². The van der Waals surface area contributed by atoms with Crippen LogP contribution in [0, 0.1) is 5.92 Å². The molecule has 0 aromatic carbocycles. The molecule has 0 fully saturated rings. The van der Waals surface area contributed by atoms with E-state index in [0.29, 0.717) is 5.69 Å². The molecule has 0 saturated heterocycles. The van der Waals surface area contributed by atoms with Crippen molar-refractivity contribution in [3.63, 3.8) is 0 Å². The fraction of sp³-hybridized carbons (Fsp3) is 0.615. The Morgan fingerprint density at radius 1 is 1.39 bits per heavy atom. The summed E-state index contributed by atoms with van der Waals surface area (Å²) in [5.74, 6) is 0.136. The smallest absolute Gasteiger partial charge is 0.177 e. The number of nitrogen functional groups attached to an aromatic ring is 1. The summed E-state index contributed by atoms with van der Waals surface area (Å²) in [6.45, 7) is 9.92. The van der Waals surface area contributed by atoms with Gasteiger partial charge in [0.25, 0.3) is 0 Å². The van der Waals surface area contributed by atoms with Crippen molar-refractivity contribution in [3.8, 4) is 0 Å². The van der Waals surface area contributed by atoms with Gasteiger partial charge >= 0.3 is 0 Å². The number of thioether (sulfide) groups is 1. The molecule has 5 heteroatoms. The lowest BCUT2D eigenvalue weighted by Gasteiger charge is -2.20. The maximum absolute atomic E-state index is 12.1. The molecular weight excluding hydrogens is 264 g/mol. The molecule has 1 aromatic heterocycles. The van der Waals surface area contributed by atoms with Gasteiger partial charge in [-0.1, -0.05) is 13.8 Å². The van der Waals surface area contributed by atoms with Gasteiger partial charge in [0.2, 0.25) is 0 Å². The number of Topliss-reactive ketones (excluding diaryl/α,β-unsaturated/α-hetero) is 1. The van der Waals surface area contributed by atoms with E-state index in [1.165, 1.54) is 11.3 Å². The van der Waals surface area contributed by atoms with Gasteiger partial charge in [0, 0.05) is 19.0 Å². The van der Waals surface area contributed by atoms with Gasteiger partial charge in [0.1, 0.15) is 5.00 Å². The zero-order chi connectivity index (χ0) is 13.9. The monoisotopic (exact) mass is 286 g/mol. The third kappa shape index (κ3) is 2.83. The van der Waals surface area contributed by atoms with E-state index >= 15 is 0 Å². The molecule has 0 aliphatic carbocycles. The molecule has 0 unspecified atom stereocenters. The molecule has 0 aliphatic rings. The van der Waals surface area contributed by atoms with Gasteiger partial charge in [-0.05, 0) is 20.1 Å². The van der Waals surface area contributed by atoms with Crippen molar-refractivity contribution in [2.75, 3.05) is 30.0 Å². The van der Waals surface area contributed by atoms with Crippen LogP contribution in [-0.2, 0) is 0 Å². The van der Waals surface area contributed by atoms with Gasteiger partial charge in [0.05, 0.1) is 15.5 Å². The van der Waals surface area contributed by atoms with Crippen LogP contribution in [0.15, 0.2) is 4.90 Å². The summed E-state index contributed by atoms with van der Waals surface area (Å²) < 4.78 is 0. The predicted octanol–water partition coefficient (Wildman–Crippen LogP) is 3.74. The molecule has 1 aromatic rings. The van der Waals surface area contributed by atoms with E-state index in [2.05, 4.69) is 18.7 Å². The van der Waals surface area contributed by atoms with Crippen molar-refractivity contribution in [1.29, 1.82) is 0 Å². The molecule has 0 bridgehead atoms. The summed E-state index contributed by atoms with van der Waals surface area (Å²) in [6, 6.07) is 0. The lowest BCUT2D eigenvalue weighted by atomic mass is 10.1. The SMILES string of the molecule is CCN(CC)c1sc(C(=O)C(C)C)c(N)c1SC.